The molecule has 3 N–H and O–H groups in total. The van der Waals surface area contributed by atoms with Crippen molar-refractivity contribution in [2.75, 3.05) is 37.3 Å². The Kier molecular flexibility index (Phi) is 8.47. The van der Waals surface area contributed by atoms with Gasteiger partial charge in [0.25, 0.3) is 5.91 Å². The fraction of sp³-hybridized carbons (Fsp3) is 0.429. The van der Waals surface area contributed by atoms with Crippen LogP contribution in [0.2, 0.25) is 0 Å². The third-order valence-corrected chi connectivity index (χ3v) is 6.37. The summed E-state index contributed by atoms with van der Waals surface area (Å²) in [6.07, 6.45) is -0.898. The van der Waals surface area contributed by atoms with Gasteiger partial charge < -0.3 is 25.4 Å². The minimum absolute atomic E-state index is 0.00598. The van der Waals surface area contributed by atoms with Crippen LogP contribution >= 0.6 is 0 Å². The number of aromatic nitrogens is 2. The standard InChI is InChI=1S/C28H33F3N6O/c1-19(2)34-27(38)25-10-9-21(17-33-25)32-13-5-6-22-16-23-24(35-20-11-14-36(3)15-12-20)7-4-8-26(23)37(22)18-28(29,30)31/h4,7-10,16-17,19-20,32,35H,11-15,18H2,1-3H3,(H,34,38). The molecule has 0 spiro atoms. The Morgan fingerprint density at radius 3 is 2.61 bits per heavy atom. The molecule has 1 amide bonds. The Hall–Kier alpha value is -3.71. The molecule has 0 bridgehead atoms. The molecule has 1 aromatic carbocycles. The highest BCUT2D eigenvalue weighted by Gasteiger charge is 2.30. The van der Waals surface area contributed by atoms with Crippen LogP contribution in [0.1, 0.15) is 42.9 Å². The molecule has 3 heterocycles. The number of fused-ring (bicyclic) bond motifs is 1. The molecule has 38 heavy (non-hydrogen) atoms. The van der Waals surface area contributed by atoms with E-state index in [1.54, 1.807) is 30.3 Å². The number of pyridine rings is 1. The fourth-order valence-electron chi connectivity index (χ4n) is 4.49. The van der Waals surface area contributed by atoms with Gasteiger partial charge in [-0.2, -0.15) is 13.2 Å². The Morgan fingerprint density at radius 2 is 1.95 bits per heavy atom. The maximum atomic E-state index is 13.5. The van der Waals surface area contributed by atoms with Crippen LogP contribution in [0.15, 0.2) is 42.6 Å². The van der Waals surface area contributed by atoms with E-state index in [-0.39, 0.29) is 24.5 Å². The summed E-state index contributed by atoms with van der Waals surface area (Å²) in [5, 5.41) is 10.1. The molecule has 202 valence electrons. The number of nitrogens with one attached hydrogen (secondary N) is 3. The quantitative estimate of drug-likeness (QED) is 0.389. The fourth-order valence-corrected chi connectivity index (χ4v) is 4.49. The van der Waals surface area contributed by atoms with E-state index in [0.717, 1.165) is 37.0 Å². The van der Waals surface area contributed by atoms with E-state index in [0.29, 0.717) is 22.6 Å². The van der Waals surface area contributed by atoms with Gasteiger partial charge in [0.1, 0.15) is 12.2 Å². The number of piperidine rings is 1. The van der Waals surface area contributed by atoms with Gasteiger partial charge in [0.15, 0.2) is 0 Å². The molecule has 1 fully saturated rings. The van der Waals surface area contributed by atoms with Crippen LogP contribution in [-0.4, -0.2) is 65.3 Å². The largest absolute Gasteiger partial charge is 0.406 e. The number of benzene rings is 1. The van der Waals surface area contributed by atoms with Crippen LogP contribution in [0.25, 0.3) is 10.9 Å². The summed E-state index contributed by atoms with van der Waals surface area (Å²) in [6, 6.07) is 10.7. The first kappa shape index (κ1) is 27.3. The topological polar surface area (TPSA) is 74.2 Å². The number of hydrogen-bond donors (Lipinski definition) is 3. The van der Waals surface area contributed by atoms with E-state index < -0.39 is 12.7 Å². The summed E-state index contributed by atoms with van der Waals surface area (Å²) in [5.41, 5.74) is 2.58. The molecule has 4 rings (SSSR count). The average molecular weight is 527 g/mol. The van der Waals surface area contributed by atoms with Crippen molar-refractivity contribution in [3.8, 4) is 11.8 Å². The SMILES string of the molecule is CC(C)NC(=O)c1ccc(NCC#Cc2cc3c(NC4CCN(C)CC4)cccc3n2CC(F)(F)F)cn1. The van der Waals surface area contributed by atoms with Crippen LogP contribution in [0, 0.1) is 11.8 Å². The second-order valence-corrected chi connectivity index (χ2v) is 9.91. The van der Waals surface area contributed by atoms with Crippen molar-refractivity contribution >= 4 is 28.2 Å². The second-order valence-electron chi connectivity index (χ2n) is 9.91. The van der Waals surface area contributed by atoms with E-state index in [1.165, 1.54) is 10.8 Å². The van der Waals surface area contributed by atoms with Crippen LogP contribution in [-0.2, 0) is 6.54 Å². The summed E-state index contributed by atoms with van der Waals surface area (Å²) >= 11 is 0. The van der Waals surface area contributed by atoms with Crippen molar-refractivity contribution in [3.63, 3.8) is 0 Å². The minimum Gasteiger partial charge on any atom is -0.382 e. The number of nitrogens with zero attached hydrogens (tertiary/aromatic N) is 3. The van der Waals surface area contributed by atoms with Crippen LogP contribution in [0.4, 0.5) is 24.5 Å². The van der Waals surface area contributed by atoms with Gasteiger partial charge in [-0.25, -0.2) is 4.98 Å². The van der Waals surface area contributed by atoms with Crippen molar-refractivity contribution in [2.24, 2.45) is 0 Å². The maximum Gasteiger partial charge on any atom is 0.406 e. The lowest BCUT2D eigenvalue weighted by Crippen LogP contribution is -2.36. The van der Waals surface area contributed by atoms with Gasteiger partial charge in [-0.1, -0.05) is 12.0 Å². The minimum atomic E-state index is -4.38. The van der Waals surface area contributed by atoms with Gasteiger partial charge in [-0.15, -0.1) is 0 Å². The van der Waals surface area contributed by atoms with Gasteiger partial charge in [-0.05, 0) is 83.1 Å². The Morgan fingerprint density at radius 1 is 1.18 bits per heavy atom. The molecule has 1 aliphatic rings. The number of likely N-dealkylation sites (tertiary alicyclic amines) is 1. The van der Waals surface area contributed by atoms with Crippen molar-refractivity contribution in [2.45, 2.75) is 51.5 Å². The highest BCUT2D eigenvalue weighted by molar-refractivity contribution is 5.94. The van der Waals surface area contributed by atoms with Gasteiger partial charge in [0.05, 0.1) is 29.6 Å². The van der Waals surface area contributed by atoms with Crippen molar-refractivity contribution in [1.82, 2.24) is 19.8 Å². The van der Waals surface area contributed by atoms with Crippen LogP contribution in [0.5, 0.6) is 0 Å². The number of carbonyl (C=O) groups is 1. The Bertz CT molecular complexity index is 1310. The highest BCUT2D eigenvalue weighted by Crippen LogP contribution is 2.31. The normalized spacial score (nSPS) is 14.8. The molecule has 10 heteroatoms. The molecule has 0 aliphatic carbocycles. The number of hydrogen-bond acceptors (Lipinski definition) is 5. The van der Waals surface area contributed by atoms with E-state index >= 15 is 0 Å². The number of anilines is 2. The monoisotopic (exact) mass is 526 g/mol. The van der Waals surface area contributed by atoms with Gasteiger partial charge in [0, 0.05) is 23.2 Å². The lowest BCUT2D eigenvalue weighted by molar-refractivity contribution is -0.140. The zero-order chi connectivity index (χ0) is 27.3. The van der Waals surface area contributed by atoms with Crippen molar-refractivity contribution in [3.05, 3.63) is 54.0 Å². The summed E-state index contributed by atoms with van der Waals surface area (Å²) in [4.78, 5) is 18.5. The third-order valence-electron chi connectivity index (χ3n) is 6.37. The molecule has 3 aromatic rings. The van der Waals surface area contributed by atoms with E-state index in [1.807, 2.05) is 19.9 Å². The van der Waals surface area contributed by atoms with Crippen LogP contribution < -0.4 is 16.0 Å². The van der Waals surface area contributed by atoms with Crippen molar-refractivity contribution in [1.29, 1.82) is 0 Å². The zero-order valence-electron chi connectivity index (χ0n) is 21.8. The zero-order valence-corrected chi connectivity index (χ0v) is 21.8. The third kappa shape index (κ3) is 7.19. The molecule has 7 nitrogen and oxygen atoms in total. The summed E-state index contributed by atoms with van der Waals surface area (Å²) < 4.78 is 41.6. The average Bonchev–Trinajstić information content (AvgIpc) is 3.20. The summed E-state index contributed by atoms with van der Waals surface area (Å²) in [7, 11) is 2.09. The second kappa shape index (κ2) is 11.8. The lowest BCUT2D eigenvalue weighted by atomic mass is 10.0. The summed E-state index contributed by atoms with van der Waals surface area (Å²) in [6.45, 7) is 4.79. The van der Waals surface area contributed by atoms with Crippen molar-refractivity contribution < 1.29 is 18.0 Å². The van der Waals surface area contributed by atoms with E-state index in [2.05, 4.69) is 44.7 Å². The smallest absolute Gasteiger partial charge is 0.382 e. The van der Waals surface area contributed by atoms with Gasteiger partial charge in [0.2, 0.25) is 0 Å². The Balaban J connectivity index is 1.51. The summed E-state index contributed by atoms with van der Waals surface area (Å²) in [5.74, 6) is 5.58. The maximum absolute atomic E-state index is 13.5. The molecule has 2 aromatic heterocycles. The number of halogens is 3. The number of rotatable bonds is 7. The predicted molar refractivity (Wildman–Crippen MR) is 144 cm³/mol. The van der Waals surface area contributed by atoms with E-state index in [4.69, 9.17) is 0 Å². The molecule has 0 unspecified atom stereocenters. The first-order valence-electron chi connectivity index (χ1n) is 12.7. The lowest BCUT2D eigenvalue weighted by Gasteiger charge is -2.30. The van der Waals surface area contributed by atoms with Crippen LogP contribution in [0.3, 0.4) is 0 Å². The van der Waals surface area contributed by atoms with Gasteiger partial charge >= 0.3 is 6.18 Å². The molecule has 0 radical (unpaired) electrons. The highest BCUT2D eigenvalue weighted by atomic mass is 19.4. The number of amides is 1. The van der Waals surface area contributed by atoms with E-state index in [9.17, 15) is 18.0 Å². The Labute approximate surface area is 220 Å². The first-order valence-corrected chi connectivity index (χ1v) is 12.7. The molecular weight excluding hydrogens is 493 g/mol. The predicted octanol–water partition coefficient (Wildman–Crippen LogP) is 4.71. The molecule has 1 aliphatic heterocycles. The number of carbonyl (C=O) groups excluding carboxylic acids is 1. The molecule has 0 saturated carbocycles. The molecular formula is C28H33F3N6O. The number of alkyl halides is 3. The van der Waals surface area contributed by atoms with Gasteiger partial charge in [-0.3, -0.25) is 4.79 Å². The first-order chi connectivity index (χ1) is 18.1. The molecule has 1 saturated heterocycles. The molecule has 0 atom stereocenters.